The van der Waals surface area contributed by atoms with Crippen molar-refractivity contribution >= 4 is 40.6 Å². The van der Waals surface area contributed by atoms with Crippen LogP contribution in [0.25, 0.3) is 0 Å². The van der Waals surface area contributed by atoms with E-state index < -0.39 is 17.3 Å². The monoisotopic (exact) mass is 656 g/mol. The molecule has 0 saturated heterocycles. The topological polar surface area (TPSA) is 120 Å². The van der Waals surface area contributed by atoms with Gasteiger partial charge in [-0.05, 0) is 93.2 Å². The molecule has 8 nitrogen and oxygen atoms in total. The second kappa shape index (κ2) is 17.7. The second-order valence-corrected chi connectivity index (χ2v) is 14.3. The fourth-order valence-electron chi connectivity index (χ4n) is 5.74. The lowest BCUT2D eigenvalue weighted by molar-refractivity contribution is 0.1000. The van der Waals surface area contributed by atoms with Crippen LogP contribution in [0.15, 0.2) is 54.6 Å². The highest BCUT2D eigenvalue weighted by molar-refractivity contribution is 7.90. The zero-order chi connectivity index (χ0) is 32.2. The van der Waals surface area contributed by atoms with Crippen LogP contribution in [-0.4, -0.2) is 48.0 Å². The number of nitrogens with zero attached hydrogens (tertiary/aromatic N) is 1. The first-order valence-corrected chi connectivity index (χ1v) is 18.1. The first-order chi connectivity index (χ1) is 21.7. The predicted molar refractivity (Wildman–Crippen MR) is 184 cm³/mol. The number of rotatable bonds is 17. The lowest BCUT2D eigenvalue weighted by Crippen LogP contribution is -2.42. The van der Waals surface area contributed by atoms with Crippen LogP contribution in [0.5, 0.6) is 5.75 Å². The molecule has 2 aliphatic rings. The Morgan fingerprint density at radius 1 is 1.20 bits per heavy atom. The van der Waals surface area contributed by atoms with Crippen LogP contribution in [0, 0.1) is 17.8 Å². The Hall–Kier alpha value is -2.88. The van der Waals surface area contributed by atoms with Gasteiger partial charge in [-0.1, -0.05) is 56.2 Å². The number of nitrogens with two attached hydrogens (primary N) is 1. The van der Waals surface area contributed by atoms with E-state index in [0.717, 1.165) is 87.3 Å². The molecule has 2 aromatic carbocycles. The molecule has 0 aromatic heterocycles. The number of fused-ring (bicyclic) bond motifs is 1. The highest BCUT2D eigenvalue weighted by atomic mass is 35.5. The predicted octanol–water partition coefficient (Wildman–Crippen LogP) is 6.79. The van der Waals surface area contributed by atoms with E-state index in [0.29, 0.717) is 29.8 Å². The van der Waals surface area contributed by atoms with Crippen LogP contribution in [0.3, 0.4) is 0 Å². The molecule has 4 N–H and O–H groups in total. The van der Waals surface area contributed by atoms with Crippen molar-refractivity contribution in [2.45, 2.75) is 77.7 Å². The minimum absolute atomic E-state index is 0.201. The summed E-state index contributed by atoms with van der Waals surface area (Å²) >= 11 is 4.81. The summed E-state index contributed by atoms with van der Waals surface area (Å²) in [6.45, 7) is 6.65. The van der Waals surface area contributed by atoms with Gasteiger partial charge in [0.15, 0.2) is 0 Å². The molecule has 0 radical (unpaired) electrons. The Kier molecular flexibility index (Phi) is 13.8. The number of hydrogen-bond donors (Lipinski definition) is 3. The summed E-state index contributed by atoms with van der Waals surface area (Å²) in [4.78, 5) is 26.2. The minimum atomic E-state index is -1.38. The molecule has 4 atom stereocenters. The van der Waals surface area contributed by atoms with Gasteiger partial charge < -0.3 is 25.2 Å². The zero-order valence-electron chi connectivity index (χ0n) is 26.6. The summed E-state index contributed by atoms with van der Waals surface area (Å²) in [6.07, 6.45) is 13.3. The van der Waals surface area contributed by atoms with Gasteiger partial charge in [-0.2, -0.15) is 4.72 Å². The molecular formula is C35H49ClN4O4S. The van der Waals surface area contributed by atoms with E-state index in [1.807, 2.05) is 30.3 Å². The smallest absolute Gasteiger partial charge is 0.356 e. The van der Waals surface area contributed by atoms with Gasteiger partial charge in [-0.15, -0.1) is 0 Å². The molecule has 2 unspecified atom stereocenters. The summed E-state index contributed by atoms with van der Waals surface area (Å²) in [5.74, 6) is 1.86. The number of aryl methyl sites for hydroxylation is 1. The molecule has 1 saturated carbocycles. The molecule has 3 amide bonds. The number of amides is 3. The third-order valence-electron chi connectivity index (χ3n) is 8.62. The summed E-state index contributed by atoms with van der Waals surface area (Å²) in [7, 11) is 0. The van der Waals surface area contributed by atoms with Gasteiger partial charge in [0.25, 0.3) is 0 Å². The van der Waals surface area contributed by atoms with E-state index >= 15 is 0 Å². The van der Waals surface area contributed by atoms with Crippen LogP contribution in [-0.2, 0) is 17.8 Å². The molecular weight excluding hydrogens is 608 g/mol. The molecule has 2 aromatic rings. The normalized spacial score (nSPS) is 18.4. The number of primary amides is 1. The van der Waals surface area contributed by atoms with Crippen molar-refractivity contribution in [2.75, 3.05) is 30.3 Å². The van der Waals surface area contributed by atoms with Gasteiger partial charge in [0.1, 0.15) is 11.5 Å². The summed E-state index contributed by atoms with van der Waals surface area (Å²) < 4.78 is 21.1. The number of benzene rings is 2. The lowest BCUT2D eigenvalue weighted by Gasteiger charge is -2.28. The van der Waals surface area contributed by atoms with E-state index in [2.05, 4.69) is 47.0 Å². The number of halogens is 1. The molecule has 1 aliphatic heterocycles. The van der Waals surface area contributed by atoms with Gasteiger partial charge in [-0.3, -0.25) is 4.79 Å². The Balaban J connectivity index is 1.28. The van der Waals surface area contributed by atoms with E-state index in [-0.39, 0.29) is 18.0 Å². The van der Waals surface area contributed by atoms with Crippen LogP contribution < -0.4 is 25.4 Å². The number of ether oxygens (including phenoxy) is 1. The molecule has 45 heavy (non-hydrogen) atoms. The zero-order valence-corrected chi connectivity index (χ0v) is 28.2. The van der Waals surface area contributed by atoms with Crippen LogP contribution >= 0.6 is 11.6 Å². The number of urea groups is 1. The lowest BCUT2D eigenvalue weighted by atomic mass is 9.96. The Bertz CT molecular complexity index is 1290. The van der Waals surface area contributed by atoms with E-state index in [9.17, 15) is 14.1 Å². The molecule has 0 spiro atoms. The molecule has 4 rings (SSSR count). The Morgan fingerprint density at radius 2 is 2.00 bits per heavy atom. The SMILES string of the molecule is CC[C@@H](C/C=C/C[C@H](C)C[S+]([O-])NC(=O)NC1CC1)CCN1CC(CCCc2cccc(Cl)c2)COc2ccc(C(N)=O)cc21. The highest BCUT2D eigenvalue weighted by Gasteiger charge is 2.26. The molecule has 0 bridgehead atoms. The van der Waals surface area contributed by atoms with Crippen LogP contribution in [0.4, 0.5) is 10.5 Å². The van der Waals surface area contributed by atoms with Crippen molar-refractivity contribution in [2.24, 2.45) is 23.5 Å². The largest absolute Gasteiger partial charge is 0.593 e. The molecule has 1 aliphatic carbocycles. The maximum atomic E-state index is 12.3. The highest BCUT2D eigenvalue weighted by Crippen LogP contribution is 2.35. The standard InChI is InChI=1S/C35H49ClN4O4S/c1-3-26(9-5-4-8-25(2)24-45(43)39-35(42)38-31-15-16-31)18-19-40-22-28(12-6-10-27-11-7-13-30(36)20-27)23-44-33-17-14-29(34(37)41)21-32(33)40/h4-5,7,11,13-14,17,20-21,25-26,28,31H,3,6,8-10,12,15-16,18-19,22-24H2,1-2H3,(H2,37,41)(H2,38,39,42)/b5-4+/t25-,26-,28?,45?/m0/s1. The van der Waals surface area contributed by atoms with Crippen molar-refractivity contribution in [3.05, 3.63) is 70.8 Å². The van der Waals surface area contributed by atoms with E-state index in [4.69, 9.17) is 22.1 Å². The van der Waals surface area contributed by atoms with Gasteiger partial charge in [0, 0.05) is 41.6 Å². The fraction of sp³-hybridized carbons (Fsp3) is 0.543. The van der Waals surface area contributed by atoms with Gasteiger partial charge >= 0.3 is 6.03 Å². The summed E-state index contributed by atoms with van der Waals surface area (Å²) in [5, 5.41) is 3.58. The Morgan fingerprint density at radius 3 is 2.73 bits per heavy atom. The minimum Gasteiger partial charge on any atom is -0.593 e. The molecule has 10 heteroatoms. The number of hydrogen-bond acceptors (Lipinski definition) is 5. The number of carbonyl (C=O) groups excluding carboxylic acids is 2. The number of carbonyl (C=O) groups is 2. The third-order valence-corrected chi connectivity index (χ3v) is 10.1. The average Bonchev–Trinajstić information content (AvgIpc) is 3.83. The van der Waals surface area contributed by atoms with Crippen molar-refractivity contribution in [3.63, 3.8) is 0 Å². The summed E-state index contributed by atoms with van der Waals surface area (Å²) in [6, 6.07) is 13.5. The van der Waals surface area contributed by atoms with Gasteiger partial charge in [0.2, 0.25) is 5.91 Å². The number of anilines is 1. The molecule has 1 fully saturated rings. The maximum absolute atomic E-state index is 12.3. The number of allylic oxidation sites excluding steroid dienone is 2. The van der Waals surface area contributed by atoms with Gasteiger partial charge in [0.05, 0.1) is 23.7 Å². The van der Waals surface area contributed by atoms with E-state index in [1.165, 1.54) is 5.56 Å². The summed E-state index contributed by atoms with van der Waals surface area (Å²) in [5.41, 5.74) is 8.32. The molecule has 1 heterocycles. The van der Waals surface area contributed by atoms with Crippen LogP contribution in [0.2, 0.25) is 5.02 Å². The third kappa shape index (κ3) is 12.1. The van der Waals surface area contributed by atoms with Crippen molar-refractivity contribution in [1.29, 1.82) is 0 Å². The fourth-order valence-corrected chi connectivity index (χ4v) is 6.96. The quantitative estimate of drug-likeness (QED) is 0.128. The second-order valence-electron chi connectivity index (χ2n) is 12.7. The van der Waals surface area contributed by atoms with E-state index in [1.54, 1.807) is 6.07 Å². The maximum Gasteiger partial charge on any atom is 0.356 e. The molecule has 246 valence electrons. The van der Waals surface area contributed by atoms with Crippen LogP contribution in [0.1, 0.15) is 81.1 Å². The Labute approximate surface area is 276 Å². The van der Waals surface area contributed by atoms with Crippen molar-refractivity contribution in [1.82, 2.24) is 10.0 Å². The average molecular weight is 657 g/mol. The van der Waals surface area contributed by atoms with Crippen molar-refractivity contribution < 1.29 is 18.9 Å². The first kappa shape index (κ1) is 35.0. The first-order valence-electron chi connectivity index (χ1n) is 16.4. The number of nitrogens with one attached hydrogen (secondary N) is 2. The van der Waals surface area contributed by atoms with Gasteiger partial charge in [-0.25, -0.2) is 4.79 Å². The van der Waals surface area contributed by atoms with Crippen molar-refractivity contribution in [3.8, 4) is 5.75 Å².